The van der Waals surface area contributed by atoms with Gasteiger partial charge in [-0.05, 0) is 54.6 Å². The van der Waals surface area contributed by atoms with Crippen molar-refractivity contribution >= 4 is 35.2 Å². The lowest BCUT2D eigenvalue weighted by Crippen LogP contribution is -2.27. The molecule has 7 heteroatoms. The van der Waals surface area contributed by atoms with Crippen molar-refractivity contribution in [3.05, 3.63) is 75.5 Å². The van der Waals surface area contributed by atoms with E-state index in [4.69, 9.17) is 9.47 Å². The molecule has 1 aliphatic heterocycles. The zero-order valence-corrected chi connectivity index (χ0v) is 19.1. The van der Waals surface area contributed by atoms with Crippen LogP contribution < -0.4 is 9.47 Å². The van der Waals surface area contributed by atoms with E-state index >= 15 is 0 Å². The fourth-order valence-corrected chi connectivity index (χ4v) is 4.37. The molecule has 2 aromatic carbocycles. The van der Waals surface area contributed by atoms with Crippen LogP contribution in [0.2, 0.25) is 0 Å². The van der Waals surface area contributed by atoms with E-state index in [0.29, 0.717) is 16.9 Å². The maximum atomic E-state index is 12.9. The molecule has 3 aromatic rings. The highest BCUT2D eigenvalue weighted by molar-refractivity contribution is 7.12. The molecule has 1 aromatic heterocycles. The fraction of sp³-hybridized carbons (Fsp3) is 0.154. The van der Waals surface area contributed by atoms with Crippen molar-refractivity contribution < 1.29 is 29.3 Å². The van der Waals surface area contributed by atoms with Gasteiger partial charge in [-0.25, -0.2) is 4.79 Å². The van der Waals surface area contributed by atoms with E-state index in [1.54, 1.807) is 53.9 Å². The Hall–Kier alpha value is -3.84. The molecule has 0 saturated carbocycles. The summed E-state index contributed by atoms with van der Waals surface area (Å²) in [5.41, 5.74) is 2.14. The third-order valence-electron chi connectivity index (χ3n) is 5.26. The standard InChI is InChI=1S/C26H22O6S/c1-26(2)12-10-18-20(32-26)14-21(31-3)22(23(18)28)19(27)9-6-15-4-7-16(8-5-15)17-11-13-33-24(17)25(29)30/h4-14,28H,1-3H3,(H,29,30)/b9-6+. The van der Waals surface area contributed by atoms with Crippen LogP contribution in [0.15, 0.2) is 53.9 Å². The van der Waals surface area contributed by atoms with Crippen molar-refractivity contribution in [3.63, 3.8) is 0 Å². The molecule has 168 valence electrons. The number of carboxylic acid groups (broad SMARTS) is 1. The number of ether oxygens (including phenoxy) is 2. The molecule has 0 bridgehead atoms. The van der Waals surface area contributed by atoms with Crippen LogP contribution in [0, 0.1) is 0 Å². The Bertz CT molecular complexity index is 1300. The molecule has 4 rings (SSSR count). The number of thiophene rings is 1. The Morgan fingerprint density at radius 1 is 1.15 bits per heavy atom. The Morgan fingerprint density at radius 3 is 2.55 bits per heavy atom. The number of aromatic carboxylic acids is 1. The predicted molar refractivity (Wildman–Crippen MR) is 128 cm³/mol. The minimum Gasteiger partial charge on any atom is -0.506 e. The molecule has 2 N–H and O–H groups in total. The Balaban J connectivity index is 1.60. The van der Waals surface area contributed by atoms with Crippen LogP contribution in [0.1, 0.15) is 45.0 Å². The number of hydrogen-bond donors (Lipinski definition) is 2. The lowest BCUT2D eigenvalue weighted by molar-refractivity contribution is 0.0702. The van der Waals surface area contributed by atoms with Gasteiger partial charge in [-0.15, -0.1) is 11.3 Å². The molecule has 0 atom stereocenters. The monoisotopic (exact) mass is 462 g/mol. The van der Waals surface area contributed by atoms with E-state index in [-0.39, 0.29) is 21.9 Å². The van der Waals surface area contributed by atoms with Gasteiger partial charge in [-0.3, -0.25) is 4.79 Å². The lowest BCUT2D eigenvalue weighted by atomic mass is 9.97. The Morgan fingerprint density at radius 2 is 1.88 bits per heavy atom. The van der Waals surface area contributed by atoms with Crippen LogP contribution in [-0.4, -0.2) is 34.7 Å². The second-order valence-electron chi connectivity index (χ2n) is 8.04. The zero-order valence-electron chi connectivity index (χ0n) is 18.3. The summed E-state index contributed by atoms with van der Waals surface area (Å²) in [7, 11) is 1.43. The van der Waals surface area contributed by atoms with Crippen LogP contribution >= 0.6 is 11.3 Å². The highest BCUT2D eigenvalue weighted by atomic mass is 32.1. The molecule has 6 nitrogen and oxygen atoms in total. The number of carbonyl (C=O) groups is 2. The van der Waals surface area contributed by atoms with Crippen molar-refractivity contribution in [1.82, 2.24) is 0 Å². The molecule has 0 saturated heterocycles. The summed E-state index contributed by atoms with van der Waals surface area (Å²) >= 11 is 1.18. The molecule has 0 spiro atoms. The summed E-state index contributed by atoms with van der Waals surface area (Å²) in [5, 5.41) is 21.8. The normalized spacial score (nSPS) is 14.0. The quantitative estimate of drug-likeness (QED) is 0.350. The maximum Gasteiger partial charge on any atom is 0.346 e. The van der Waals surface area contributed by atoms with Gasteiger partial charge in [-0.2, -0.15) is 0 Å². The SMILES string of the molecule is COc1cc2c(c(O)c1C(=O)/C=C/c1ccc(-c3ccsc3C(=O)O)cc1)C=CC(C)(C)O2. The van der Waals surface area contributed by atoms with E-state index in [9.17, 15) is 19.8 Å². The molecule has 0 unspecified atom stereocenters. The number of rotatable bonds is 6. The van der Waals surface area contributed by atoms with Crippen LogP contribution in [0.4, 0.5) is 0 Å². The molecule has 2 heterocycles. The number of benzene rings is 2. The number of carbonyl (C=O) groups excluding carboxylic acids is 1. The topological polar surface area (TPSA) is 93.1 Å². The van der Waals surface area contributed by atoms with E-state index < -0.39 is 17.4 Å². The van der Waals surface area contributed by atoms with Gasteiger partial charge in [0.15, 0.2) is 5.78 Å². The second-order valence-corrected chi connectivity index (χ2v) is 8.96. The van der Waals surface area contributed by atoms with Gasteiger partial charge in [0, 0.05) is 11.6 Å². The number of carboxylic acids is 1. The molecule has 1 aliphatic rings. The highest BCUT2D eigenvalue weighted by Crippen LogP contribution is 2.43. The summed E-state index contributed by atoms with van der Waals surface area (Å²) < 4.78 is 11.2. The minimum atomic E-state index is -0.961. The Labute approximate surface area is 195 Å². The van der Waals surface area contributed by atoms with Gasteiger partial charge in [0.2, 0.25) is 0 Å². The first-order chi connectivity index (χ1) is 15.7. The zero-order chi connectivity index (χ0) is 23.8. The van der Waals surface area contributed by atoms with Crippen LogP contribution in [-0.2, 0) is 0 Å². The number of fused-ring (bicyclic) bond motifs is 1. The molecular weight excluding hydrogens is 440 g/mol. The van der Waals surface area contributed by atoms with E-state index in [1.807, 2.05) is 19.9 Å². The summed E-state index contributed by atoms with van der Waals surface area (Å²) in [6.45, 7) is 3.79. The minimum absolute atomic E-state index is 0.0569. The van der Waals surface area contributed by atoms with E-state index in [0.717, 1.165) is 11.1 Å². The van der Waals surface area contributed by atoms with Gasteiger partial charge in [0.05, 0.1) is 12.7 Å². The van der Waals surface area contributed by atoms with E-state index in [2.05, 4.69) is 0 Å². The number of phenols is 1. The summed E-state index contributed by atoms with van der Waals surface area (Å²) in [6.07, 6.45) is 6.55. The molecule has 0 amide bonds. The predicted octanol–water partition coefficient (Wildman–Crippen LogP) is 5.91. The number of methoxy groups -OCH3 is 1. The highest BCUT2D eigenvalue weighted by Gasteiger charge is 2.28. The van der Waals surface area contributed by atoms with E-state index in [1.165, 1.54) is 24.5 Å². The van der Waals surface area contributed by atoms with Gasteiger partial charge in [0.1, 0.15) is 33.3 Å². The lowest BCUT2D eigenvalue weighted by Gasteiger charge is -2.29. The van der Waals surface area contributed by atoms with Gasteiger partial charge < -0.3 is 19.7 Å². The third kappa shape index (κ3) is 4.40. The fourth-order valence-electron chi connectivity index (χ4n) is 3.61. The van der Waals surface area contributed by atoms with Crippen molar-refractivity contribution in [2.45, 2.75) is 19.4 Å². The van der Waals surface area contributed by atoms with Gasteiger partial charge >= 0.3 is 5.97 Å². The largest absolute Gasteiger partial charge is 0.506 e. The van der Waals surface area contributed by atoms with Crippen LogP contribution in [0.3, 0.4) is 0 Å². The van der Waals surface area contributed by atoms with Gasteiger partial charge in [0.25, 0.3) is 0 Å². The molecule has 0 radical (unpaired) electrons. The first kappa shape index (κ1) is 22.4. The second kappa shape index (κ2) is 8.60. The average molecular weight is 463 g/mol. The molecule has 33 heavy (non-hydrogen) atoms. The van der Waals surface area contributed by atoms with Crippen LogP contribution in [0.5, 0.6) is 17.2 Å². The number of phenolic OH excluding ortho intramolecular Hbond substituents is 1. The summed E-state index contributed by atoms with van der Waals surface area (Å²) in [6, 6.07) is 10.6. The Kier molecular flexibility index (Phi) is 5.82. The van der Waals surface area contributed by atoms with Crippen molar-refractivity contribution in [1.29, 1.82) is 0 Å². The molecule has 0 fully saturated rings. The summed E-state index contributed by atoms with van der Waals surface area (Å²) in [4.78, 5) is 24.6. The van der Waals surface area contributed by atoms with Gasteiger partial charge in [-0.1, -0.05) is 30.3 Å². The first-order valence-corrected chi connectivity index (χ1v) is 11.0. The molecular formula is C26H22O6S. The summed E-state index contributed by atoms with van der Waals surface area (Å²) in [5.74, 6) is -0.902. The molecule has 0 aliphatic carbocycles. The number of aromatic hydroxyl groups is 1. The number of allylic oxidation sites excluding steroid dienone is 1. The third-order valence-corrected chi connectivity index (χ3v) is 6.17. The van der Waals surface area contributed by atoms with Crippen molar-refractivity contribution in [3.8, 4) is 28.4 Å². The van der Waals surface area contributed by atoms with Crippen molar-refractivity contribution in [2.75, 3.05) is 7.11 Å². The first-order valence-electron chi connectivity index (χ1n) is 10.2. The maximum absolute atomic E-state index is 12.9. The number of hydrogen-bond acceptors (Lipinski definition) is 6. The van der Waals surface area contributed by atoms with Crippen LogP contribution in [0.25, 0.3) is 23.3 Å². The smallest absolute Gasteiger partial charge is 0.346 e. The average Bonchev–Trinajstić information content (AvgIpc) is 3.27. The van der Waals surface area contributed by atoms with Crippen molar-refractivity contribution in [2.24, 2.45) is 0 Å². The number of ketones is 1.